The Morgan fingerprint density at radius 2 is 1.46 bits per heavy atom. The number of ketones is 1. The van der Waals surface area contributed by atoms with Gasteiger partial charge in [-0.2, -0.15) is 0 Å². The second-order valence-corrected chi connectivity index (χ2v) is 6.16. The molecule has 3 nitrogen and oxygen atoms in total. The van der Waals surface area contributed by atoms with E-state index in [4.69, 9.17) is 0 Å². The Kier molecular flexibility index (Phi) is 5.06. The molecule has 1 amide bonds. The molecule has 2 aromatic carbocycles. The fourth-order valence-electron chi connectivity index (χ4n) is 3.06. The molecule has 7 heteroatoms. The lowest BCUT2D eigenvalue weighted by molar-refractivity contribution is 0.0645. The molecule has 26 heavy (non-hydrogen) atoms. The van der Waals surface area contributed by atoms with Gasteiger partial charge in [0.15, 0.2) is 23.2 Å². The Labute approximate surface area is 147 Å². The van der Waals surface area contributed by atoms with Crippen molar-refractivity contribution in [3.8, 4) is 0 Å². The van der Waals surface area contributed by atoms with E-state index in [0.717, 1.165) is 6.07 Å². The zero-order chi connectivity index (χ0) is 18.8. The van der Waals surface area contributed by atoms with E-state index in [-0.39, 0.29) is 24.8 Å². The molecule has 0 bridgehead atoms. The average molecular weight is 365 g/mol. The number of carbonyl (C=O) groups excluding carboxylic acids is 2. The van der Waals surface area contributed by atoms with Gasteiger partial charge in [-0.3, -0.25) is 9.59 Å². The second-order valence-electron chi connectivity index (χ2n) is 6.16. The van der Waals surface area contributed by atoms with Crippen LogP contribution in [0.3, 0.4) is 0 Å². The van der Waals surface area contributed by atoms with E-state index in [2.05, 4.69) is 0 Å². The molecule has 0 N–H and O–H groups in total. The standard InChI is InChI=1S/C19H15F4NO2/c20-13-3-1-11(2-4-13)18(25)12-7-9-24(10-8-12)19(26)14-5-6-15(21)17(23)16(14)22/h1-6,12H,7-10H2. The Bertz CT molecular complexity index is 843. The van der Waals surface area contributed by atoms with Crippen LogP contribution in [0.25, 0.3) is 0 Å². The highest BCUT2D eigenvalue weighted by atomic mass is 19.2. The third-order valence-corrected chi connectivity index (χ3v) is 4.55. The Morgan fingerprint density at radius 1 is 0.846 bits per heavy atom. The summed E-state index contributed by atoms with van der Waals surface area (Å²) < 4.78 is 53.0. The molecule has 2 aromatic rings. The minimum Gasteiger partial charge on any atom is -0.339 e. The highest BCUT2D eigenvalue weighted by Gasteiger charge is 2.30. The van der Waals surface area contributed by atoms with Gasteiger partial charge in [0.2, 0.25) is 0 Å². The maximum atomic E-state index is 13.8. The third kappa shape index (κ3) is 3.47. The van der Waals surface area contributed by atoms with Gasteiger partial charge >= 0.3 is 0 Å². The number of piperidine rings is 1. The van der Waals surface area contributed by atoms with E-state index >= 15 is 0 Å². The van der Waals surface area contributed by atoms with Crippen LogP contribution in [0.2, 0.25) is 0 Å². The Balaban J connectivity index is 1.67. The van der Waals surface area contributed by atoms with Crippen molar-refractivity contribution in [2.24, 2.45) is 5.92 Å². The van der Waals surface area contributed by atoms with Crippen LogP contribution in [-0.4, -0.2) is 29.7 Å². The molecule has 0 radical (unpaired) electrons. The maximum absolute atomic E-state index is 13.8. The number of amides is 1. The summed E-state index contributed by atoms with van der Waals surface area (Å²) in [7, 11) is 0. The van der Waals surface area contributed by atoms with Crippen LogP contribution in [0.15, 0.2) is 36.4 Å². The fourth-order valence-corrected chi connectivity index (χ4v) is 3.06. The first-order valence-electron chi connectivity index (χ1n) is 8.11. The van der Waals surface area contributed by atoms with Gasteiger partial charge in [-0.25, -0.2) is 17.6 Å². The number of hydrogen-bond donors (Lipinski definition) is 0. The Hall–Kier alpha value is -2.70. The lowest BCUT2D eigenvalue weighted by Gasteiger charge is -2.31. The van der Waals surface area contributed by atoms with Crippen molar-refractivity contribution < 1.29 is 27.2 Å². The zero-order valence-electron chi connectivity index (χ0n) is 13.6. The summed E-state index contributed by atoms with van der Waals surface area (Å²) in [5, 5.41) is 0. The van der Waals surface area contributed by atoms with E-state index in [9.17, 15) is 27.2 Å². The summed E-state index contributed by atoms with van der Waals surface area (Å²) in [6.45, 7) is 0.379. The smallest absolute Gasteiger partial charge is 0.256 e. The number of carbonyl (C=O) groups is 2. The first kappa shape index (κ1) is 18.1. The summed E-state index contributed by atoms with van der Waals surface area (Å²) in [5.74, 6) is -6.21. The van der Waals surface area contributed by atoms with Gasteiger partial charge in [0.05, 0.1) is 5.56 Å². The largest absolute Gasteiger partial charge is 0.339 e. The highest BCUT2D eigenvalue weighted by molar-refractivity contribution is 5.98. The Morgan fingerprint density at radius 3 is 2.08 bits per heavy atom. The lowest BCUT2D eigenvalue weighted by atomic mass is 9.88. The summed E-state index contributed by atoms with van der Waals surface area (Å²) in [6, 6.07) is 6.84. The monoisotopic (exact) mass is 365 g/mol. The topological polar surface area (TPSA) is 37.4 Å². The van der Waals surface area contributed by atoms with Gasteiger partial charge in [0, 0.05) is 24.6 Å². The molecular weight excluding hydrogens is 350 g/mol. The number of benzene rings is 2. The number of halogens is 4. The predicted molar refractivity (Wildman–Crippen MR) is 85.7 cm³/mol. The lowest BCUT2D eigenvalue weighted by Crippen LogP contribution is -2.40. The van der Waals surface area contributed by atoms with Gasteiger partial charge in [0.25, 0.3) is 5.91 Å². The number of rotatable bonds is 3. The normalized spacial score (nSPS) is 15.2. The molecule has 0 aromatic heterocycles. The molecule has 1 fully saturated rings. The first-order chi connectivity index (χ1) is 12.4. The van der Waals surface area contributed by atoms with Gasteiger partial charge in [0.1, 0.15) is 5.82 Å². The molecular formula is C19H15F4NO2. The SMILES string of the molecule is O=C(c1ccc(F)cc1)C1CCN(C(=O)c2ccc(F)c(F)c2F)CC1. The van der Waals surface area contributed by atoms with Crippen LogP contribution < -0.4 is 0 Å². The predicted octanol–water partition coefficient (Wildman–Crippen LogP) is 3.98. The van der Waals surface area contributed by atoms with E-state index in [1.54, 1.807) is 0 Å². The highest BCUT2D eigenvalue weighted by Crippen LogP contribution is 2.24. The molecule has 0 spiro atoms. The van der Waals surface area contributed by atoms with Gasteiger partial charge in [-0.05, 0) is 49.2 Å². The minimum absolute atomic E-state index is 0.142. The molecule has 1 aliphatic rings. The van der Waals surface area contributed by atoms with Crippen molar-refractivity contribution in [3.63, 3.8) is 0 Å². The van der Waals surface area contributed by atoms with Crippen LogP contribution in [0.1, 0.15) is 33.6 Å². The van der Waals surface area contributed by atoms with Crippen molar-refractivity contribution in [1.82, 2.24) is 4.90 Å². The van der Waals surface area contributed by atoms with E-state index in [0.29, 0.717) is 24.5 Å². The summed E-state index contributed by atoms with van der Waals surface area (Å²) >= 11 is 0. The van der Waals surface area contributed by atoms with Crippen molar-refractivity contribution in [2.75, 3.05) is 13.1 Å². The number of hydrogen-bond acceptors (Lipinski definition) is 2. The van der Waals surface area contributed by atoms with E-state index in [1.807, 2.05) is 0 Å². The van der Waals surface area contributed by atoms with Crippen LogP contribution >= 0.6 is 0 Å². The van der Waals surface area contributed by atoms with Crippen molar-refractivity contribution >= 4 is 11.7 Å². The number of likely N-dealkylation sites (tertiary alicyclic amines) is 1. The minimum atomic E-state index is -1.68. The average Bonchev–Trinajstić information content (AvgIpc) is 2.66. The van der Waals surface area contributed by atoms with Crippen LogP contribution in [0.5, 0.6) is 0 Å². The summed E-state index contributed by atoms with van der Waals surface area (Å²) in [4.78, 5) is 26.1. The number of nitrogens with zero attached hydrogens (tertiary/aromatic N) is 1. The van der Waals surface area contributed by atoms with Crippen LogP contribution in [0, 0.1) is 29.2 Å². The van der Waals surface area contributed by atoms with Crippen molar-refractivity contribution in [1.29, 1.82) is 0 Å². The second kappa shape index (κ2) is 7.27. The molecule has 0 aliphatic carbocycles. The van der Waals surface area contributed by atoms with Crippen LogP contribution in [-0.2, 0) is 0 Å². The van der Waals surface area contributed by atoms with Crippen LogP contribution in [0.4, 0.5) is 17.6 Å². The van der Waals surface area contributed by atoms with E-state index < -0.39 is 34.7 Å². The first-order valence-corrected chi connectivity index (χ1v) is 8.11. The molecule has 0 saturated carbocycles. The molecule has 1 aliphatic heterocycles. The van der Waals surface area contributed by atoms with E-state index in [1.165, 1.54) is 29.2 Å². The number of Topliss-reactive ketones (excluding diaryl/α,β-unsaturated/α-hetero) is 1. The fraction of sp³-hybridized carbons (Fsp3) is 0.263. The van der Waals surface area contributed by atoms with Crippen molar-refractivity contribution in [3.05, 3.63) is 70.8 Å². The molecule has 3 rings (SSSR count). The molecule has 0 unspecified atom stereocenters. The van der Waals surface area contributed by atoms with Gasteiger partial charge in [-0.1, -0.05) is 0 Å². The quantitative estimate of drug-likeness (QED) is 0.469. The summed E-state index contributed by atoms with van der Waals surface area (Å²) in [5.41, 5.74) is -0.143. The molecule has 136 valence electrons. The maximum Gasteiger partial charge on any atom is 0.256 e. The van der Waals surface area contributed by atoms with Crippen molar-refractivity contribution in [2.45, 2.75) is 12.8 Å². The molecule has 1 heterocycles. The molecule has 0 atom stereocenters. The third-order valence-electron chi connectivity index (χ3n) is 4.55. The molecule has 1 saturated heterocycles. The van der Waals surface area contributed by atoms with Gasteiger partial charge in [-0.15, -0.1) is 0 Å². The van der Waals surface area contributed by atoms with Gasteiger partial charge < -0.3 is 4.90 Å². The zero-order valence-corrected chi connectivity index (χ0v) is 13.6. The summed E-state index contributed by atoms with van der Waals surface area (Å²) in [6.07, 6.45) is 0.709.